The first kappa shape index (κ1) is 12.1. The van der Waals surface area contributed by atoms with Crippen LogP contribution in [0.4, 0.5) is 0 Å². The molecule has 1 N–H and O–H groups in total. The van der Waals surface area contributed by atoms with Crippen LogP contribution >= 0.6 is 11.6 Å². The minimum Gasteiger partial charge on any atom is -0.312 e. The molecule has 2 rings (SSSR count). The van der Waals surface area contributed by atoms with Crippen LogP contribution in [0.15, 0.2) is 36.7 Å². The molecule has 0 atom stereocenters. The van der Waals surface area contributed by atoms with E-state index in [9.17, 15) is 0 Å². The van der Waals surface area contributed by atoms with E-state index in [1.165, 1.54) is 11.1 Å². The highest BCUT2D eigenvalue weighted by molar-refractivity contribution is 6.30. The average molecular weight is 250 g/mol. The molecule has 2 aromatic rings. The summed E-state index contributed by atoms with van der Waals surface area (Å²) in [5, 5.41) is 8.32. The van der Waals surface area contributed by atoms with E-state index in [0.29, 0.717) is 0 Å². The highest BCUT2D eigenvalue weighted by atomic mass is 35.5. The molecular formula is C13H16ClN3. The molecule has 0 spiro atoms. The second-order valence-electron chi connectivity index (χ2n) is 4.08. The maximum Gasteiger partial charge on any atom is 0.0522 e. The third-order valence-corrected chi connectivity index (χ3v) is 2.84. The van der Waals surface area contributed by atoms with Crippen LogP contribution in [0.3, 0.4) is 0 Å². The van der Waals surface area contributed by atoms with E-state index in [1.807, 2.05) is 48.4 Å². The Morgan fingerprint density at radius 2 is 2.00 bits per heavy atom. The summed E-state index contributed by atoms with van der Waals surface area (Å²) in [6.07, 6.45) is 4.95. The first-order valence-electron chi connectivity index (χ1n) is 5.67. The average Bonchev–Trinajstić information content (AvgIpc) is 2.73. The Morgan fingerprint density at radius 3 is 2.65 bits per heavy atom. The van der Waals surface area contributed by atoms with Crippen LogP contribution in [-0.2, 0) is 20.0 Å². The molecular weight excluding hydrogens is 234 g/mol. The smallest absolute Gasteiger partial charge is 0.0522 e. The lowest BCUT2D eigenvalue weighted by Gasteiger charge is -2.03. The number of aryl methyl sites for hydroxylation is 1. The van der Waals surface area contributed by atoms with Crippen molar-refractivity contribution >= 4 is 11.6 Å². The first-order chi connectivity index (χ1) is 8.24. The normalized spacial score (nSPS) is 10.7. The third-order valence-electron chi connectivity index (χ3n) is 2.59. The predicted molar refractivity (Wildman–Crippen MR) is 70.1 cm³/mol. The van der Waals surface area contributed by atoms with Crippen LogP contribution in [0, 0.1) is 0 Å². The Kier molecular flexibility index (Phi) is 4.18. The highest BCUT2D eigenvalue weighted by Gasteiger charge is 1.96. The third kappa shape index (κ3) is 3.88. The molecule has 0 fully saturated rings. The number of rotatable bonds is 5. The summed E-state index contributed by atoms with van der Waals surface area (Å²) >= 11 is 5.83. The van der Waals surface area contributed by atoms with Gasteiger partial charge in [-0.1, -0.05) is 23.7 Å². The fourth-order valence-electron chi connectivity index (χ4n) is 1.67. The van der Waals surface area contributed by atoms with Crippen molar-refractivity contribution in [1.29, 1.82) is 0 Å². The zero-order valence-electron chi connectivity index (χ0n) is 9.86. The minimum absolute atomic E-state index is 0.782. The van der Waals surface area contributed by atoms with Gasteiger partial charge in [-0.25, -0.2) is 0 Å². The van der Waals surface area contributed by atoms with Gasteiger partial charge in [0.05, 0.1) is 6.20 Å². The zero-order valence-corrected chi connectivity index (χ0v) is 10.6. The van der Waals surface area contributed by atoms with Gasteiger partial charge in [-0.3, -0.25) is 4.68 Å². The topological polar surface area (TPSA) is 29.9 Å². The summed E-state index contributed by atoms with van der Waals surface area (Å²) in [4.78, 5) is 0. The van der Waals surface area contributed by atoms with Crippen LogP contribution in [0.5, 0.6) is 0 Å². The van der Waals surface area contributed by atoms with E-state index in [-0.39, 0.29) is 0 Å². The molecule has 3 nitrogen and oxygen atoms in total. The highest BCUT2D eigenvalue weighted by Crippen LogP contribution is 2.09. The van der Waals surface area contributed by atoms with Crippen LogP contribution in [0.1, 0.15) is 11.1 Å². The Labute approximate surface area is 106 Å². The molecule has 0 bridgehead atoms. The van der Waals surface area contributed by atoms with E-state index < -0.39 is 0 Å². The van der Waals surface area contributed by atoms with E-state index in [4.69, 9.17) is 11.6 Å². The van der Waals surface area contributed by atoms with Gasteiger partial charge in [0, 0.05) is 24.8 Å². The number of nitrogens with zero attached hydrogens (tertiary/aromatic N) is 2. The van der Waals surface area contributed by atoms with Gasteiger partial charge in [-0.2, -0.15) is 5.10 Å². The Morgan fingerprint density at radius 1 is 1.24 bits per heavy atom. The second-order valence-corrected chi connectivity index (χ2v) is 4.51. The van der Waals surface area contributed by atoms with Crippen molar-refractivity contribution in [2.24, 2.45) is 7.05 Å². The summed E-state index contributed by atoms with van der Waals surface area (Å²) in [5.41, 5.74) is 2.51. The molecule has 0 aliphatic carbocycles. The monoisotopic (exact) mass is 249 g/mol. The van der Waals surface area contributed by atoms with Crippen molar-refractivity contribution in [2.75, 3.05) is 6.54 Å². The van der Waals surface area contributed by atoms with Crippen LogP contribution in [0.25, 0.3) is 0 Å². The van der Waals surface area contributed by atoms with E-state index in [1.54, 1.807) is 0 Å². The quantitative estimate of drug-likeness (QED) is 0.825. The second kappa shape index (κ2) is 5.84. The summed E-state index contributed by atoms with van der Waals surface area (Å²) in [6, 6.07) is 7.91. The first-order valence-corrected chi connectivity index (χ1v) is 6.04. The van der Waals surface area contributed by atoms with E-state index in [0.717, 1.165) is 24.5 Å². The lowest BCUT2D eigenvalue weighted by atomic mass is 10.2. The maximum atomic E-state index is 5.83. The predicted octanol–water partition coefficient (Wildman–Crippen LogP) is 2.41. The number of halogens is 1. The maximum absolute atomic E-state index is 5.83. The van der Waals surface area contributed by atoms with E-state index >= 15 is 0 Å². The lowest BCUT2D eigenvalue weighted by Crippen LogP contribution is -2.16. The van der Waals surface area contributed by atoms with Crippen LogP contribution in [-0.4, -0.2) is 16.3 Å². The Bertz CT molecular complexity index is 462. The molecule has 1 heterocycles. The molecule has 0 amide bonds. The Hall–Kier alpha value is -1.32. The molecule has 0 aliphatic heterocycles. The van der Waals surface area contributed by atoms with Crippen molar-refractivity contribution in [1.82, 2.24) is 15.1 Å². The van der Waals surface area contributed by atoms with Crippen LogP contribution in [0.2, 0.25) is 5.02 Å². The van der Waals surface area contributed by atoms with Gasteiger partial charge in [0.25, 0.3) is 0 Å². The van der Waals surface area contributed by atoms with Gasteiger partial charge in [0.1, 0.15) is 0 Å². The van der Waals surface area contributed by atoms with Crippen LogP contribution < -0.4 is 5.32 Å². The standard InChI is InChI=1S/C13H16ClN3/c1-17-10-12(9-16-17)6-7-15-8-11-2-4-13(14)5-3-11/h2-5,9-10,15H,6-8H2,1H3. The van der Waals surface area contributed by atoms with Crippen molar-refractivity contribution in [3.05, 3.63) is 52.8 Å². The van der Waals surface area contributed by atoms with Gasteiger partial charge >= 0.3 is 0 Å². The number of hydrogen-bond acceptors (Lipinski definition) is 2. The summed E-state index contributed by atoms with van der Waals surface area (Å²) < 4.78 is 1.83. The van der Waals surface area contributed by atoms with Gasteiger partial charge < -0.3 is 5.32 Å². The van der Waals surface area contributed by atoms with Crippen molar-refractivity contribution < 1.29 is 0 Å². The summed E-state index contributed by atoms with van der Waals surface area (Å²) in [7, 11) is 1.94. The van der Waals surface area contributed by atoms with Crippen molar-refractivity contribution in [2.45, 2.75) is 13.0 Å². The number of nitrogens with one attached hydrogen (secondary N) is 1. The molecule has 0 saturated carbocycles. The van der Waals surface area contributed by atoms with Crippen molar-refractivity contribution in [3.8, 4) is 0 Å². The molecule has 17 heavy (non-hydrogen) atoms. The lowest BCUT2D eigenvalue weighted by molar-refractivity contribution is 0.686. The summed E-state index contributed by atoms with van der Waals surface area (Å²) in [6.45, 7) is 1.83. The summed E-state index contributed by atoms with van der Waals surface area (Å²) in [5.74, 6) is 0. The number of benzene rings is 1. The number of aromatic nitrogens is 2. The fourth-order valence-corrected chi connectivity index (χ4v) is 1.79. The Balaban J connectivity index is 1.71. The molecule has 0 saturated heterocycles. The van der Waals surface area contributed by atoms with Gasteiger partial charge in [-0.15, -0.1) is 0 Å². The minimum atomic E-state index is 0.782. The zero-order chi connectivity index (χ0) is 12.1. The van der Waals surface area contributed by atoms with Gasteiger partial charge in [-0.05, 0) is 36.2 Å². The van der Waals surface area contributed by atoms with Crippen molar-refractivity contribution in [3.63, 3.8) is 0 Å². The van der Waals surface area contributed by atoms with Gasteiger partial charge in [0.2, 0.25) is 0 Å². The van der Waals surface area contributed by atoms with Gasteiger partial charge in [0.15, 0.2) is 0 Å². The molecule has 90 valence electrons. The molecule has 1 aromatic heterocycles. The number of hydrogen-bond donors (Lipinski definition) is 1. The fraction of sp³-hybridized carbons (Fsp3) is 0.308. The SMILES string of the molecule is Cn1cc(CCNCc2ccc(Cl)cc2)cn1. The molecule has 0 unspecified atom stereocenters. The molecule has 0 radical (unpaired) electrons. The molecule has 4 heteroatoms. The molecule has 1 aromatic carbocycles. The largest absolute Gasteiger partial charge is 0.312 e. The molecule has 0 aliphatic rings. The van der Waals surface area contributed by atoms with E-state index in [2.05, 4.69) is 10.4 Å².